The molecule has 0 aliphatic carbocycles. The Hall–Kier alpha value is -0.910. The molecule has 0 amide bonds. The highest BCUT2D eigenvalue weighted by Gasteiger charge is 2.19. The van der Waals surface area contributed by atoms with Crippen molar-refractivity contribution in [2.75, 3.05) is 20.2 Å². The Labute approximate surface area is 103 Å². The molecule has 0 saturated heterocycles. The van der Waals surface area contributed by atoms with Gasteiger partial charge in [-0.2, -0.15) is 0 Å². The van der Waals surface area contributed by atoms with Crippen LogP contribution in [0.3, 0.4) is 0 Å². The summed E-state index contributed by atoms with van der Waals surface area (Å²) in [6, 6.07) is 8.42. The number of aliphatic hydroxyl groups excluding tert-OH is 1. The van der Waals surface area contributed by atoms with E-state index in [-0.39, 0.29) is 6.61 Å². The normalized spacial score (nSPS) is 11.9. The van der Waals surface area contributed by atoms with E-state index in [0.717, 1.165) is 19.3 Å². The SMILES string of the molecule is CN(CCCCCO)S(=O)(=O)c1ccccc1. The van der Waals surface area contributed by atoms with E-state index in [2.05, 4.69) is 0 Å². The number of aliphatic hydroxyl groups is 1. The Bertz CT molecular complexity index is 417. The lowest BCUT2D eigenvalue weighted by Gasteiger charge is -2.16. The first kappa shape index (κ1) is 14.2. The summed E-state index contributed by atoms with van der Waals surface area (Å²) in [7, 11) is -1.77. The molecule has 1 aromatic rings. The summed E-state index contributed by atoms with van der Waals surface area (Å²) < 4.78 is 25.5. The van der Waals surface area contributed by atoms with Crippen LogP contribution in [-0.2, 0) is 10.0 Å². The zero-order valence-electron chi connectivity index (χ0n) is 10.0. The van der Waals surface area contributed by atoms with Crippen molar-refractivity contribution in [2.45, 2.75) is 24.2 Å². The second-order valence-corrected chi connectivity index (χ2v) is 5.97. The monoisotopic (exact) mass is 257 g/mol. The Morgan fingerprint density at radius 3 is 2.35 bits per heavy atom. The molecule has 0 bridgehead atoms. The molecule has 96 valence electrons. The molecule has 1 N–H and O–H groups in total. The first-order valence-electron chi connectivity index (χ1n) is 5.71. The second-order valence-electron chi connectivity index (χ2n) is 3.92. The van der Waals surface area contributed by atoms with Crippen LogP contribution in [0.25, 0.3) is 0 Å². The van der Waals surface area contributed by atoms with Crippen LogP contribution in [0.15, 0.2) is 35.2 Å². The smallest absolute Gasteiger partial charge is 0.242 e. The molecule has 5 heteroatoms. The predicted molar refractivity (Wildman–Crippen MR) is 67.2 cm³/mol. The first-order chi connectivity index (χ1) is 8.09. The molecule has 0 radical (unpaired) electrons. The number of unbranched alkanes of at least 4 members (excludes halogenated alkanes) is 2. The van der Waals surface area contributed by atoms with Crippen LogP contribution in [0.4, 0.5) is 0 Å². The van der Waals surface area contributed by atoms with Gasteiger partial charge in [-0.15, -0.1) is 0 Å². The summed E-state index contributed by atoms with van der Waals surface area (Å²) in [5, 5.41) is 8.64. The van der Waals surface area contributed by atoms with E-state index in [1.54, 1.807) is 37.4 Å². The van der Waals surface area contributed by atoms with E-state index >= 15 is 0 Å². The van der Waals surface area contributed by atoms with E-state index in [0.29, 0.717) is 11.4 Å². The Morgan fingerprint density at radius 1 is 1.12 bits per heavy atom. The van der Waals surface area contributed by atoms with Gasteiger partial charge < -0.3 is 5.11 Å². The predicted octanol–water partition coefficient (Wildman–Crippen LogP) is 1.47. The van der Waals surface area contributed by atoms with Gasteiger partial charge in [-0.25, -0.2) is 12.7 Å². The van der Waals surface area contributed by atoms with Gasteiger partial charge in [-0.1, -0.05) is 18.2 Å². The Balaban J connectivity index is 2.59. The molecule has 0 saturated carbocycles. The standard InChI is InChI=1S/C12H19NO3S/c1-13(10-6-3-7-11-14)17(15,16)12-8-4-2-5-9-12/h2,4-5,8-9,14H,3,6-7,10-11H2,1H3. The van der Waals surface area contributed by atoms with Crippen molar-refractivity contribution in [1.82, 2.24) is 4.31 Å². The lowest BCUT2D eigenvalue weighted by molar-refractivity contribution is 0.281. The molecule has 0 fully saturated rings. The average molecular weight is 257 g/mol. The molecule has 0 unspecified atom stereocenters. The number of hydrogen-bond acceptors (Lipinski definition) is 3. The van der Waals surface area contributed by atoms with Gasteiger partial charge in [-0.3, -0.25) is 0 Å². The molecule has 0 spiro atoms. The number of sulfonamides is 1. The van der Waals surface area contributed by atoms with Crippen molar-refractivity contribution < 1.29 is 13.5 Å². The first-order valence-corrected chi connectivity index (χ1v) is 7.15. The number of rotatable bonds is 7. The second kappa shape index (κ2) is 6.74. The van der Waals surface area contributed by atoms with Crippen molar-refractivity contribution in [1.29, 1.82) is 0 Å². The van der Waals surface area contributed by atoms with Crippen LogP contribution >= 0.6 is 0 Å². The molecular formula is C12H19NO3S. The fourth-order valence-electron chi connectivity index (χ4n) is 1.52. The molecule has 0 aliphatic rings. The van der Waals surface area contributed by atoms with Gasteiger partial charge in [0.1, 0.15) is 0 Å². The molecule has 4 nitrogen and oxygen atoms in total. The summed E-state index contributed by atoms with van der Waals surface area (Å²) in [4.78, 5) is 0.324. The summed E-state index contributed by atoms with van der Waals surface area (Å²) in [5.74, 6) is 0. The number of hydrogen-bond donors (Lipinski definition) is 1. The van der Waals surface area contributed by atoms with E-state index in [1.165, 1.54) is 4.31 Å². The minimum atomic E-state index is -3.36. The molecule has 0 aliphatic heterocycles. The minimum absolute atomic E-state index is 0.162. The third-order valence-corrected chi connectivity index (χ3v) is 4.45. The molecule has 1 rings (SSSR count). The van der Waals surface area contributed by atoms with Crippen molar-refractivity contribution >= 4 is 10.0 Å². The summed E-state index contributed by atoms with van der Waals surface area (Å²) in [6.45, 7) is 0.645. The zero-order chi connectivity index (χ0) is 12.7. The summed E-state index contributed by atoms with van der Waals surface area (Å²) in [6.07, 6.45) is 2.33. The molecule has 17 heavy (non-hydrogen) atoms. The van der Waals surface area contributed by atoms with Crippen LogP contribution in [0.1, 0.15) is 19.3 Å². The third kappa shape index (κ3) is 4.11. The van der Waals surface area contributed by atoms with Crippen LogP contribution in [0, 0.1) is 0 Å². The molecule has 0 aromatic heterocycles. The molecule has 0 atom stereocenters. The van der Waals surface area contributed by atoms with Gasteiger partial charge in [0.2, 0.25) is 10.0 Å². The van der Waals surface area contributed by atoms with Gasteiger partial charge >= 0.3 is 0 Å². The quantitative estimate of drug-likeness (QED) is 0.753. The minimum Gasteiger partial charge on any atom is -0.396 e. The zero-order valence-corrected chi connectivity index (χ0v) is 10.9. The lowest BCUT2D eigenvalue weighted by atomic mass is 10.2. The number of nitrogens with zero attached hydrogens (tertiary/aromatic N) is 1. The fraction of sp³-hybridized carbons (Fsp3) is 0.500. The molecule has 0 heterocycles. The van der Waals surface area contributed by atoms with Crippen LogP contribution in [0.2, 0.25) is 0 Å². The maximum atomic E-state index is 12.1. The maximum Gasteiger partial charge on any atom is 0.242 e. The van der Waals surface area contributed by atoms with Gasteiger partial charge in [-0.05, 0) is 31.4 Å². The van der Waals surface area contributed by atoms with E-state index in [4.69, 9.17) is 5.11 Å². The Morgan fingerprint density at radius 2 is 1.76 bits per heavy atom. The van der Waals surface area contributed by atoms with Gasteiger partial charge in [0.25, 0.3) is 0 Å². The topological polar surface area (TPSA) is 57.6 Å². The van der Waals surface area contributed by atoms with E-state index in [9.17, 15) is 8.42 Å². The van der Waals surface area contributed by atoms with Crippen LogP contribution < -0.4 is 0 Å². The van der Waals surface area contributed by atoms with Gasteiger partial charge in [0.05, 0.1) is 4.90 Å². The van der Waals surface area contributed by atoms with Gasteiger partial charge in [0.15, 0.2) is 0 Å². The van der Waals surface area contributed by atoms with Crippen LogP contribution in [-0.4, -0.2) is 38.0 Å². The van der Waals surface area contributed by atoms with E-state index < -0.39 is 10.0 Å². The highest BCUT2D eigenvalue weighted by Crippen LogP contribution is 2.14. The lowest BCUT2D eigenvalue weighted by Crippen LogP contribution is -2.27. The van der Waals surface area contributed by atoms with Crippen molar-refractivity contribution in [2.24, 2.45) is 0 Å². The molecular weight excluding hydrogens is 238 g/mol. The average Bonchev–Trinajstić information content (AvgIpc) is 2.35. The van der Waals surface area contributed by atoms with Crippen molar-refractivity contribution in [3.8, 4) is 0 Å². The largest absolute Gasteiger partial charge is 0.396 e. The molecule has 1 aromatic carbocycles. The summed E-state index contributed by atoms with van der Waals surface area (Å²) in [5.41, 5.74) is 0. The van der Waals surface area contributed by atoms with Crippen LogP contribution in [0.5, 0.6) is 0 Å². The van der Waals surface area contributed by atoms with E-state index in [1.807, 2.05) is 0 Å². The summed E-state index contributed by atoms with van der Waals surface area (Å²) >= 11 is 0. The highest BCUT2D eigenvalue weighted by molar-refractivity contribution is 7.89. The highest BCUT2D eigenvalue weighted by atomic mass is 32.2. The van der Waals surface area contributed by atoms with Crippen molar-refractivity contribution in [3.63, 3.8) is 0 Å². The Kier molecular flexibility index (Phi) is 5.61. The maximum absolute atomic E-state index is 12.1. The van der Waals surface area contributed by atoms with Gasteiger partial charge in [0, 0.05) is 20.2 Å². The van der Waals surface area contributed by atoms with Crippen molar-refractivity contribution in [3.05, 3.63) is 30.3 Å². The fourth-order valence-corrected chi connectivity index (χ4v) is 2.75. The third-order valence-electron chi connectivity index (χ3n) is 2.58. The number of benzene rings is 1.